The normalized spacial score (nSPS) is 49.8. The maximum absolute atomic E-state index is 9.14. The van der Waals surface area contributed by atoms with Crippen LogP contribution < -0.4 is 0 Å². The molecule has 1 heteroatoms. The SMILES string of the molecule is CC1C[C@@H]2CCC(C)(C#N)C[C@H]1C2. The van der Waals surface area contributed by atoms with Gasteiger partial charge in [-0.2, -0.15) is 5.26 Å². The van der Waals surface area contributed by atoms with E-state index in [0.717, 1.165) is 30.6 Å². The van der Waals surface area contributed by atoms with E-state index in [1.807, 2.05) is 0 Å². The fourth-order valence-electron chi connectivity index (χ4n) is 3.30. The summed E-state index contributed by atoms with van der Waals surface area (Å²) in [6, 6.07) is 2.53. The van der Waals surface area contributed by atoms with Gasteiger partial charge in [-0.15, -0.1) is 0 Å². The second-order valence-electron chi connectivity index (χ2n) is 5.49. The lowest BCUT2D eigenvalue weighted by Crippen LogP contribution is -2.20. The van der Waals surface area contributed by atoms with Gasteiger partial charge < -0.3 is 0 Å². The lowest BCUT2D eigenvalue weighted by molar-refractivity contribution is 0.258. The summed E-state index contributed by atoms with van der Waals surface area (Å²) in [4.78, 5) is 0. The third kappa shape index (κ3) is 1.59. The van der Waals surface area contributed by atoms with E-state index in [4.69, 9.17) is 5.26 Å². The number of fused-ring (bicyclic) bond motifs is 2. The molecular weight excluding hydrogens is 158 g/mol. The topological polar surface area (TPSA) is 23.8 Å². The summed E-state index contributed by atoms with van der Waals surface area (Å²) in [5, 5.41) is 9.14. The fourth-order valence-corrected chi connectivity index (χ4v) is 3.30. The van der Waals surface area contributed by atoms with Crippen molar-refractivity contribution in [3.8, 4) is 6.07 Å². The van der Waals surface area contributed by atoms with Crippen molar-refractivity contribution in [3.05, 3.63) is 0 Å². The van der Waals surface area contributed by atoms with Crippen molar-refractivity contribution in [1.82, 2.24) is 0 Å². The molecule has 72 valence electrons. The van der Waals surface area contributed by atoms with Crippen LogP contribution in [0.5, 0.6) is 0 Å². The molecule has 2 bridgehead atoms. The summed E-state index contributed by atoms with van der Waals surface area (Å²) in [6.45, 7) is 4.52. The van der Waals surface area contributed by atoms with E-state index in [0.29, 0.717) is 0 Å². The molecule has 0 spiro atoms. The zero-order valence-corrected chi connectivity index (χ0v) is 8.71. The lowest BCUT2D eigenvalue weighted by Gasteiger charge is -2.26. The van der Waals surface area contributed by atoms with E-state index < -0.39 is 0 Å². The van der Waals surface area contributed by atoms with Gasteiger partial charge in [0.2, 0.25) is 0 Å². The summed E-state index contributed by atoms with van der Waals surface area (Å²) in [7, 11) is 0. The van der Waals surface area contributed by atoms with E-state index >= 15 is 0 Å². The third-order valence-corrected chi connectivity index (χ3v) is 4.23. The molecule has 2 aliphatic carbocycles. The van der Waals surface area contributed by atoms with E-state index in [9.17, 15) is 0 Å². The van der Waals surface area contributed by atoms with Gasteiger partial charge in [-0.25, -0.2) is 0 Å². The Kier molecular flexibility index (Phi) is 2.10. The minimum absolute atomic E-state index is 0.00586. The van der Waals surface area contributed by atoms with Gasteiger partial charge in [0.1, 0.15) is 0 Å². The summed E-state index contributed by atoms with van der Waals surface area (Å²) >= 11 is 0. The minimum Gasteiger partial charge on any atom is -0.198 e. The number of hydrogen-bond donors (Lipinski definition) is 0. The second-order valence-corrected chi connectivity index (χ2v) is 5.49. The molecule has 0 saturated heterocycles. The van der Waals surface area contributed by atoms with E-state index in [1.165, 1.54) is 19.3 Å². The van der Waals surface area contributed by atoms with E-state index in [-0.39, 0.29) is 5.41 Å². The predicted octanol–water partition coefficient (Wildman–Crippen LogP) is 3.36. The van der Waals surface area contributed by atoms with Gasteiger partial charge in [0.15, 0.2) is 0 Å². The van der Waals surface area contributed by atoms with Crippen LogP contribution in [0, 0.1) is 34.5 Å². The second kappa shape index (κ2) is 3.01. The molecule has 1 nitrogen and oxygen atoms in total. The molecule has 0 aromatic carbocycles. The van der Waals surface area contributed by atoms with Crippen LogP contribution in [0.4, 0.5) is 0 Å². The number of nitriles is 1. The molecule has 4 atom stereocenters. The summed E-state index contributed by atoms with van der Waals surface area (Å²) in [5.74, 6) is 2.66. The first kappa shape index (κ1) is 9.06. The highest BCUT2D eigenvalue weighted by molar-refractivity contribution is 5.01. The van der Waals surface area contributed by atoms with Gasteiger partial charge in [0.05, 0.1) is 11.5 Å². The molecule has 2 fully saturated rings. The monoisotopic (exact) mass is 177 g/mol. The molecular formula is C12H19N. The highest BCUT2D eigenvalue weighted by atomic mass is 14.5. The fraction of sp³-hybridized carbons (Fsp3) is 0.917. The third-order valence-electron chi connectivity index (χ3n) is 4.23. The maximum atomic E-state index is 9.14. The number of rotatable bonds is 0. The largest absolute Gasteiger partial charge is 0.198 e. The Morgan fingerprint density at radius 1 is 1.38 bits per heavy atom. The Balaban J connectivity index is 2.14. The van der Waals surface area contributed by atoms with Gasteiger partial charge in [-0.05, 0) is 56.8 Å². The van der Waals surface area contributed by atoms with Gasteiger partial charge in [-0.1, -0.05) is 6.92 Å². The van der Waals surface area contributed by atoms with E-state index in [1.54, 1.807) is 0 Å². The molecule has 0 N–H and O–H groups in total. The molecule has 0 amide bonds. The van der Waals surface area contributed by atoms with Crippen molar-refractivity contribution in [2.24, 2.45) is 23.2 Å². The maximum Gasteiger partial charge on any atom is 0.0686 e. The summed E-state index contributed by atoms with van der Waals surface area (Å²) in [5.41, 5.74) is -0.00586. The molecule has 2 saturated carbocycles. The van der Waals surface area contributed by atoms with Crippen molar-refractivity contribution in [1.29, 1.82) is 5.26 Å². The van der Waals surface area contributed by atoms with Crippen LogP contribution in [-0.2, 0) is 0 Å². The number of nitrogens with zero attached hydrogens (tertiary/aromatic N) is 1. The molecule has 2 unspecified atom stereocenters. The standard InChI is InChI=1S/C12H19N/c1-9-5-10-3-4-12(2,8-13)7-11(9)6-10/h9-11H,3-7H2,1-2H3/t9?,10-,11+,12?/m0/s1. The highest BCUT2D eigenvalue weighted by Gasteiger charge is 2.40. The molecule has 0 radical (unpaired) electrons. The van der Waals surface area contributed by atoms with Crippen molar-refractivity contribution in [2.75, 3.05) is 0 Å². The van der Waals surface area contributed by atoms with Crippen molar-refractivity contribution < 1.29 is 0 Å². The van der Waals surface area contributed by atoms with E-state index in [2.05, 4.69) is 19.9 Å². The van der Waals surface area contributed by atoms with Gasteiger partial charge in [-0.3, -0.25) is 0 Å². The first-order chi connectivity index (χ1) is 6.13. The molecule has 0 heterocycles. The van der Waals surface area contributed by atoms with Crippen molar-refractivity contribution in [2.45, 2.75) is 46.0 Å². The molecule has 0 aromatic rings. The van der Waals surface area contributed by atoms with Crippen LogP contribution >= 0.6 is 0 Å². The Bertz CT molecular complexity index is 240. The first-order valence-electron chi connectivity index (χ1n) is 5.54. The van der Waals surface area contributed by atoms with Crippen LogP contribution in [0.2, 0.25) is 0 Å². The summed E-state index contributed by atoms with van der Waals surface area (Å²) < 4.78 is 0. The van der Waals surface area contributed by atoms with Gasteiger partial charge in [0.25, 0.3) is 0 Å². The summed E-state index contributed by atoms with van der Waals surface area (Å²) in [6.07, 6.45) is 6.41. The van der Waals surface area contributed by atoms with Crippen LogP contribution in [0.15, 0.2) is 0 Å². The van der Waals surface area contributed by atoms with Crippen LogP contribution in [-0.4, -0.2) is 0 Å². The zero-order chi connectivity index (χ0) is 9.47. The quantitative estimate of drug-likeness (QED) is 0.556. The Morgan fingerprint density at radius 3 is 2.85 bits per heavy atom. The molecule has 0 aromatic heterocycles. The zero-order valence-electron chi connectivity index (χ0n) is 8.71. The Hall–Kier alpha value is -0.510. The van der Waals surface area contributed by atoms with Crippen molar-refractivity contribution >= 4 is 0 Å². The molecule has 13 heavy (non-hydrogen) atoms. The highest BCUT2D eigenvalue weighted by Crippen LogP contribution is 2.49. The molecule has 2 aliphatic rings. The van der Waals surface area contributed by atoms with Crippen LogP contribution in [0.25, 0.3) is 0 Å². The number of hydrogen-bond acceptors (Lipinski definition) is 1. The smallest absolute Gasteiger partial charge is 0.0686 e. The van der Waals surface area contributed by atoms with Gasteiger partial charge >= 0.3 is 0 Å². The molecule has 0 aliphatic heterocycles. The van der Waals surface area contributed by atoms with Crippen LogP contribution in [0.1, 0.15) is 46.0 Å². The van der Waals surface area contributed by atoms with Gasteiger partial charge in [0, 0.05) is 0 Å². The first-order valence-corrected chi connectivity index (χ1v) is 5.54. The lowest BCUT2D eigenvalue weighted by atomic mass is 9.76. The van der Waals surface area contributed by atoms with Crippen molar-refractivity contribution in [3.63, 3.8) is 0 Å². The Labute approximate surface area is 81.1 Å². The Morgan fingerprint density at radius 2 is 2.15 bits per heavy atom. The predicted molar refractivity (Wildman–Crippen MR) is 52.9 cm³/mol. The average molecular weight is 177 g/mol. The molecule has 2 rings (SSSR count). The average Bonchev–Trinajstić information content (AvgIpc) is 2.33. The van der Waals surface area contributed by atoms with Crippen LogP contribution in [0.3, 0.4) is 0 Å². The minimum atomic E-state index is -0.00586.